The number of nitrogens with one attached hydrogen (secondary N) is 2. The van der Waals surface area contributed by atoms with Gasteiger partial charge in [-0.3, -0.25) is 10.6 Å². The zero-order valence-corrected chi connectivity index (χ0v) is 15.4. The van der Waals surface area contributed by atoms with Gasteiger partial charge >= 0.3 is 6.18 Å². The van der Waals surface area contributed by atoms with E-state index < -0.39 is 40.6 Å². The topological polar surface area (TPSA) is 104 Å². The van der Waals surface area contributed by atoms with Gasteiger partial charge in [-0.1, -0.05) is 36.4 Å². The second-order valence-electron chi connectivity index (χ2n) is 6.58. The number of hydrogen-bond acceptors (Lipinski definition) is 5. The van der Waals surface area contributed by atoms with Crippen LogP contribution in [0.1, 0.15) is 23.1 Å². The third kappa shape index (κ3) is 3.85. The highest BCUT2D eigenvalue weighted by Crippen LogP contribution is 2.40. The first-order valence-corrected chi connectivity index (χ1v) is 9.68. The Bertz CT molecular complexity index is 996. The minimum atomic E-state index is -5.05. The smallest absolute Gasteiger partial charge is 0.367 e. The van der Waals surface area contributed by atoms with Crippen LogP contribution in [0, 0.1) is 0 Å². The van der Waals surface area contributed by atoms with Crippen LogP contribution in [-0.4, -0.2) is 32.0 Å². The molecule has 0 aliphatic carbocycles. The molecular weight excluding hydrogens is 421 g/mol. The van der Waals surface area contributed by atoms with Crippen LogP contribution in [0.15, 0.2) is 53.4 Å². The zero-order chi connectivity index (χ0) is 21.7. The molecule has 5 N–H and O–H groups in total. The Morgan fingerprint density at radius 1 is 1.00 bits per heavy atom. The molecule has 1 saturated heterocycles. The van der Waals surface area contributed by atoms with Crippen molar-refractivity contribution in [1.29, 1.82) is 0 Å². The molecule has 0 amide bonds. The van der Waals surface area contributed by atoms with E-state index in [0.29, 0.717) is 0 Å². The molecule has 1 aliphatic rings. The van der Waals surface area contributed by atoms with E-state index in [0.717, 1.165) is 24.3 Å². The molecule has 2 atom stereocenters. The van der Waals surface area contributed by atoms with Crippen molar-refractivity contribution in [2.75, 3.05) is 6.54 Å². The molecule has 29 heavy (non-hydrogen) atoms. The minimum absolute atomic E-state index is 0.102. The third-order valence-electron chi connectivity index (χ3n) is 4.68. The van der Waals surface area contributed by atoms with Crippen LogP contribution in [0.3, 0.4) is 0 Å². The molecule has 1 aliphatic heterocycles. The van der Waals surface area contributed by atoms with Crippen LogP contribution in [-0.2, 0) is 15.7 Å². The minimum Gasteiger partial charge on any atom is -0.367 e. The number of rotatable bonds is 4. The van der Waals surface area contributed by atoms with Crippen molar-refractivity contribution in [3.63, 3.8) is 0 Å². The lowest BCUT2D eigenvalue weighted by atomic mass is 9.91. The van der Waals surface area contributed by atoms with Gasteiger partial charge in [0, 0.05) is 12.1 Å². The van der Waals surface area contributed by atoms with E-state index in [2.05, 4.69) is 10.6 Å². The molecular formula is C17H16F5N3O3S. The highest BCUT2D eigenvalue weighted by Gasteiger charge is 2.62. The summed E-state index contributed by atoms with van der Waals surface area (Å²) in [6, 6.07) is 9.09. The Morgan fingerprint density at radius 2 is 1.48 bits per heavy atom. The number of benzene rings is 2. The van der Waals surface area contributed by atoms with Crippen molar-refractivity contribution in [2.24, 2.45) is 5.14 Å². The molecule has 6 nitrogen and oxygen atoms in total. The molecule has 0 bridgehead atoms. The summed E-state index contributed by atoms with van der Waals surface area (Å²) in [6.07, 6.45) is -7.82. The SMILES string of the molecule is NS(=O)(=O)c1ccc(C2(c3ccc(C(F)F)cc3)NCC(O)(C(F)(F)F)N2)cc1. The summed E-state index contributed by atoms with van der Waals surface area (Å²) < 4.78 is 88.6. The molecule has 2 aromatic rings. The molecule has 158 valence electrons. The molecule has 3 rings (SSSR count). The summed E-state index contributed by atoms with van der Waals surface area (Å²) in [5.41, 5.74) is -5.27. The lowest BCUT2D eigenvalue weighted by Gasteiger charge is -2.34. The number of sulfonamides is 1. The largest absolute Gasteiger partial charge is 0.432 e. The summed E-state index contributed by atoms with van der Waals surface area (Å²) in [7, 11) is -4.04. The average molecular weight is 437 g/mol. The normalized spacial score (nSPS) is 25.5. The van der Waals surface area contributed by atoms with E-state index in [9.17, 15) is 35.5 Å². The number of aliphatic hydroxyl groups is 1. The summed E-state index contributed by atoms with van der Waals surface area (Å²) in [5.74, 6) is 0. The summed E-state index contributed by atoms with van der Waals surface area (Å²) in [5, 5.41) is 19.8. The standard InChI is InChI=1S/C17H16F5N3O3S/c18-14(19)10-1-3-11(4-2-10)16(24-9-15(26,25-16)17(20,21)22)12-5-7-13(8-6-12)29(23,27)28/h1-8,14,24-26H,9H2,(H2,23,27,28). The van der Waals surface area contributed by atoms with E-state index in [1.54, 1.807) is 0 Å². The monoisotopic (exact) mass is 437 g/mol. The second-order valence-corrected chi connectivity index (χ2v) is 8.14. The van der Waals surface area contributed by atoms with Gasteiger partial charge < -0.3 is 5.11 Å². The number of halogens is 5. The van der Waals surface area contributed by atoms with Crippen LogP contribution in [0.2, 0.25) is 0 Å². The Labute approximate surface area is 162 Å². The van der Waals surface area contributed by atoms with E-state index >= 15 is 0 Å². The molecule has 0 radical (unpaired) electrons. The highest BCUT2D eigenvalue weighted by atomic mass is 32.2. The predicted octanol–water partition coefficient (Wildman–Crippen LogP) is 1.92. The fraction of sp³-hybridized carbons (Fsp3) is 0.294. The second kappa shape index (κ2) is 6.99. The van der Waals surface area contributed by atoms with Crippen molar-refractivity contribution in [2.45, 2.75) is 28.9 Å². The number of nitrogens with two attached hydrogens (primary N) is 1. The Morgan fingerprint density at radius 3 is 1.86 bits per heavy atom. The molecule has 12 heteroatoms. The van der Waals surface area contributed by atoms with Crippen molar-refractivity contribution >= 4 is 10.0 Å². The Balaban J connectivity index is 2.13. The number of alkyl halides is 5. The van der Waals surface area contributed by atoms with Gasteiger partial charge in [-0.2, -0.15) is 13.2 Å². The summed E-state index contributed by atoms with van der Waals surface area (Å²) >= 11 is 0. The quantitative estimate of drug-likeness (QED) is 0.547. The lowest BCUT2D eigenvalue weighted by molar-refractivity contribution is -0.263. The third-order valence-corrected chi connectivity index (χ3v) is 5.61. The fourth-order valence-electron chi connectivity index (χ4n) is 3.12. The predicted molar refractivity (Wildman–Crippen MR) is 92.1 cm³/mol. The molecule has 0 saturated carbocycles. The van der Waals surface area contributed by atoms with Crippen molar-refractivity contribution in [1.82, 2.24) is 10.6 Å². The molecule has 2 aromatic carbocycles. The Hall–Kier alpha value is -2.12. The van der Waals surface area contributed by atoms with Gasteiger partial charge in [0.2, 0.25) is 15.7 Å². The molecule has 0 aromatic heterocycles. The zero-order valence-electron chi connectivity index (χ0n) is 14.5. The van der Waals surface area contributed by atoms with E-state index in [4.69, 9.17) is 5.14 Å². The van der Waals surface area contributed by atoms with Gasteiger partial charge in [0.05, 0.1) is 4.90 Å². The molecule has 2 unspecified atom stereocenters. The molecule has 0 spiro atoms. The number of primary sulfonamides is 1. The highest BCUT2D eigenvalue weighted by molar-refractivity contribution is 7.89. The van der Waals surface area contributed by atoms with Crippen LogP contribution in [0.25, 0.3) is 0 Å². The first kappa shape index (κ1) is 21.6. The van der Waals surface area contributed by atoms with E-state index in [1.165, 1.54) is 24.3 Å². The number of hydrogen-bond donors (Lipinski definition) is 4. The lowest BCUT2D eigenvalue weighted by Crippen LogP contribution is -2.59. The number of β-amino-alcohol motifs (C(OH)–C–C–N with tert-alkyl or cyclic N) is 1. The Kier molecular flexibility index (Phi) is 5.20. The molecule has 1 fully saturated rings. The first-order valence-electron chi connectivity index (χ1n) is 8.14. The maximum atomic E-state index is 13.4. The van der Waals surface area contributed by atoms with E-state index in [1.807, 2.05) is 0 Å². The van der Waals surface area contributed by atoms with Gasteiger partial charge in [0.15, 0.2) is 0 Å². The molecule has 1 heterocycles. The van der Waals surface area contributed by atoms with Crippen molar-refractivity contribution in [3.05, 3.63) is 65.2 Å². The van der Waals surface area contributed by atoms with Crippen LogP contribution < -0.4 is 15.8 Å². The van der Waals surface area contributed by atoms with Gasteiger partial charge in [-0.15, -0.1) is 0 Å². The van der Waals surface area contributed by atoms with Crippen LogP contribution in [0.5, 0.6) is 0 Å². The average Bonchev–Trinajstić information content (AvgIpc) is 3.01. The summed E-state index contributed by atoms with van der Waals surface area (Å²) in [4.78, 5) is -0.270. The van der Waals surface area contributed by atoms with Gasteiger partial charge in [0.25, 0.3) is 6.43 Å². The maximum Gasteiger partial charge on any atom is 0.432 e. The maximum absolute atomic E-state index is 13.4. The van der Waals surface area contributed by atoms with Crippen molar-refractivity contribution in [3.8, 4) is 0 Å². The van der Waals surface area contributed by atoms with E-state index in [-0.39, 0.29) is 21.6 Å². The van der Waals surface area contributed by atoms with Crippen LogP contribution >= 0.6 is 0 Å². The van der Waals surface area contributed by atoms with Gasteiger partial charge in [-0.05, 0) is 23.3 Å². The summed E-state index contributed by atoms with van der Waals surface area (Å²) in [6.45, 7) is -0.940. The van der Waals surface area contributed by atoms with Crippen molar-refractivity contribution < 1.29 is 35.5 Å². The van der Waals surface area contributed by atoms with Gasteiger partial charge in [-0.25, -0.2) is 22.3 Å². The first-order chi connectivity index (χ1) is 13.3. The van der Waals surface area contributed by atoms with Gasteiger partial charge in [0.1, 0.15) is 5.66 Å². The fourth-order valence-corrected chi connectivity index (χ4v) is 3.63. The van der Waals surface area contributed by atoms with Crippen LogP contribution in [0.4, 0.5) is 22.0 Å².